The maximum atomic E-state index is 12.7. The fourth-order valence-electron chi connectivity index (χ4n) is 2.40. The molecule has 5 nitrogen and oxygen atoms in total. The van der Waals surface area contributed by atoms with Gasteiger partial charge in [0.25, 0.3) is 0 Å². The number of hydrogen-bond acceptors (Lipinski definition) is 4. The molecule has 2 aromatic rings. The number of nitrogens with one attached hydrogen (secondary N) is 1. The van der Waals surface area contributed by atoms with Gasteiger partial charge in [-0.25, -0.2) is 8.42 Å². The summed E-state index contributed by atoms with van der Waals surface area (Å²) in [5, 5.41) is 2.63. The third-order valence-corrected chi connectivity index (χ3v) is 6.04. The Balaban J connectivity index is 1.94. The van der Waals surface area contributed by atoms with Crippen molar-refractivity contribution in [1.29, 1.82) is 0 Å². The third-order valence-electron chi connectivity index (χ3n) is 3.88. The molecule has 0 aliphatic heterocycles. The Bertz CT molecular complexity index is 929. The molecule has 10 heteroatoms. The van der Waals surface area contributed by atoms with Crippen LogP contribution in [0.1, 0.15) is 11.1 Å². The van der Waals surface area contributed by atoms with Gasteiger partial charge in [0.1, 0.15) is 6.54 Å². The second-order valence-electron chi connectivity index (χ2n) is 6.33. The Morgan fingerprint density at radius 3 is 2.17 bits per heavy atom. The molecule has 0 heterocycles. The first-order chi connectivity index (χ1) is 13.5. The van der Waals surface area contributed by atoms with Gasteiger partial charge in [0.2, 0.25) is 15.9 Å². The van der Waals surface area contributed by atoms with Crippen LogP contribution in [0.25, 0.3) is 0 Å². The van der Waals surface area contributed by atoms with E-state index in [1.54, 1.807) is 11.8 Å². The number of nitrogens with zero attached hydrogens (tertiary/aromatic N) is 1. The number of hydrogen-bond donors (Lipinski definition) is 1. The minimum Gasteiger partial charge on any atom is -0.354 e. The Morgan fingerprint density at radius 1 is 1.07 bits per heavy atom. The standard InChI is InChI=1S/C19H21F3N2O3S2/c1-14-3-9-17(10-4-14)28-12-11-23-18(25)13-24(29(2,26)27)16-7-5-15(6-8-16)19(20,21)22/h3-10H,11-13H2,1-2H3,(H,23,25). The van der Waals surface area contributed by atoms with Crippen LogP contribution in [0, 0.1) is 6.92 Å². The minimum absolute atomic E-state index is 0.00956. The van der Waals surface area contributed by atoms with Crippen molar-refractivity contribution < 1.29 is 26.4 Å². The molecule has 0 aromatic heterocycles. The topological polar surface area (TPSA) is 66.5 Å². The summed E-state index contributed by atoms with van der Waals surface area (Å²) in [5.74, 6) is 0.0494. The molecule has 0 aliphatic rings. The van der Waals surface area contributed by atoms with Crippen molar-refractivity contribution in [2.75, 3.05) is 29.4 Å². The highest BCUT2D eigenvalue weighted by atomic mass is 32.2. The van der Waals surface area contributed by atoms with E-state index in [0.717, 1.165) is 45.3 Å². The van der Waals surface area contributed by atoms with E-state index in [4.69, 9.17) is 0 Å². The van der Waals surface area contributed by atoms with Crippen molar-refractivity contribution in [2.45, 2.75) is 18.0 Å². The number of amides is 1. The quantitative estimate of drug-likeness (QED) is 0.496. The molecule has 0 fully saturated rings. The number of rotatable bonds is 8. The Hall–Kier alpha value is -2.20. The van der Waals surface area contributed by atoms with Gasteiger partial charge in [0, 0.05) is 17.2 Å². The highest BCUT2D eigenvalue weighted by Gasteiger charge is 2.30. The second kappa shape index (κ2) is 9.53. The second-order valence-corrected chi connectivity index (χ2v) is 9.40. The average Bonchev–Trinajstić information content (AvgIpc) is 2.63. The van der Waals surface area contributed by atoms with Gasteiger partial charge in [-0.15, -0.1) is 11.8 Å². The van der Waals surface area contributed by atoms with Gasteiger partial charge in [-0.1, -0.05) is 17.7 Å². The lowest BCUT2D eigenvalue weighted by atomic mass is 10.2. The summed E-state index contributed by atoms with van der Waals surface area (Å²) < 4.78 is 62.8. The van der Waals surface area contributed by atoms with E-state index in [1.807, 2.05) is 31.2 Å². The largest absolute Gasteiger partial charge is 0.416 e. The van der Waals surface area contributed by atoms with Crippen LogP contribution in [0.15, 0.2) is 53.4 Å². The lowest BCUT2D eigenvalue weighted by molar-refractivity contribution is -0.137. The molecule has 0 unspecified atom stereocenters. The van der Waals surface area contributed by atoms with Crippen molar-refractivity contribution >= 4 is 33.4 Å². The molecular formula is C19H21F3N2O3S2. The molecule has 0 saturated heterocycles. The molecule has 0 aliphatic carbocycles. The van der Waals surface area contributed by atoms with Gasteiger partial charge in [-0.05, 0) is 43.3 Å². The molecule has 0 spiro atoms. The summed E-state index contributed by atoms with van der Waals surface area (Å²) in [4.78, 5) is 13.2. The van der Waals surface area contributed by atoms with Crippen LogP contribution in [-0.4, -0.2) is 39.4 Å². The normalized spacial score (nSPS) is 11.9. The van der Waals surface area contributed by atoms with Crippen LogP contribution in [0.5, 0.6) is 0 Å². The Labute approximate surface area is 172 Å². The number of thioether (sulfide) groups is 1. The van der Waals surface area contributed by atoms with Crippen LogP contribution in [0.2, 0.25) is 0 Å². The van der Waals surface area contributed by atoms with Crippen molar-refractivity contribution in [3.63, 3.8) is 0 Å². The predicted octanol–water partition coefficient (Wildman–Crippen LogP) is 3.69. The van der Waals surface area contributed by atoms with Crippen LogP contribution >= 0.6 is 11.8 Å². The molecule has 2 rings (SSSR count). The summed E-state index contributed by atoms with van der Waals surface area (Å²) in [6.45, 7) is 1.79. The van der Waals surface area contributed by atoms with E-state index in [2.05, 4.69) is 5.32 Å². The molecule has 2 aromatic carbocycles. The van der Waals surface area contributed by atoms with E-state index in [0.29, 0.717) is 12.3 Å². The lowest BCUT2D eigenvalue weighted by Gasteiger charge is -2.22. The molecule has 1 amide bonds. The summed E-state index contributed by atoms with van der Waals surface area (Å²) in [6.07, 6.45) is -3.63. The first kappa shape index (κ1) is 23.1. The van der Waals surface area contributed by atoms with Crippen LogP contribution < -0.4 is 9.62 Å². The summed E-state index contributed by atoms with van der Waals surface area (Å²) >= 11 is 1.54. The molecule has 29 heavy (non-hydrogen) atoms. The van der Waals surface area contributed by atoms with E-state index in [9.17, 15) is 26.4 Å². The predicted molar refractivity (Wildman–Crippen MR) is 109 cm³/mol. The number of carbonyl (C=O) groups is 1. The molecule has 0 radical (unpaired) electrons. The zero-order valence-corrected chi connectivity index (χ0v) is 17.5. The van der Waals surface area contributed by atoms with E-state index >= 15 is 0 Å². The average molecular weight is 447 g/mol. The Morgan fingerprint density at radius 2 is 1.66 bits per heavy atom. The number of halogens is 3. The first-order valence-electron chi connectivity index (χ1n) is 8.58. The van der Waals surface area contributed by atoms with E-state index in [1.165, 1.54) is 0 Å². The summed E-state index contributed by atoms with van der Waals surface area (Å²) in [6, 6.07) is 11.5. The monoisotopic (exact) mass is 446 g/mol. The van der Waals surface area contributed by atoms with Gasteiger partial charge in [0.15, 0.2) is 0 Å². The van der Waals surface area contributed by atoms with Gasteiger partial charge in [0.05, 0.1) is 17.5 Å². The Kier molecular flexibility index (Phi) is 7.59. The number of sulfonamides is 1. The van der Waals surface area contributed by atoms with Gasteiger partial charge < -0.3 is 5.32 Å². The van der Waals surface area contributed by atoms with Crippen molar-refractivity contribution in [2.24, 2.45) is 0 Å². The third kappa shape index (κ3) is 7.28. The van der Waals surface area contributed by atoms with E-state index < -0.39 is 34.2 Å². The zero-order chi connectivity index (χ0) is 21.7. The van der Waals surface area contributed by atoms with Crippen LogP contribution in [0.3, 0.4) is 0 Å². The molecule has 158 valence electrons. The molecule has 0 saturated carbocycles. The first-order valence-corrected chi connectivity index (χ1v) is 11.4. The van der Waals surface area contributed by atoms with Gasteiger partial charge in [-0.2, -0.15) is 13.2 Å². The lowest BCUT2D eigenvalue weighted by Crippen LogP contribution is -2.41. The van der Waals surface area contributed by atoms with Gasteiger partial charge in [-0.3, -0.25) is 9.10 Å². The SMILES string of the molecule is Cc1ccc(SCCNC(=O)CN(c2ccc(C(F)(F)F)cc2)S(C)(=O)=O)cc1. The molecule has 0 atom stereocenters. The highest BCUT2D eigenvalue weighted by Crippen LogP contribution is 2.30. The number of alkyl halides is 3. The highest BCUT2D eigenvalue weighted by molar-refractivity contribution is 7.99. The number of aryl methyl sites for hydroxylation is 1. The van der Waals surface area contributed by atoms with Crippen molar-refractivity contribution in [3.05, 3.63) is 59.7 Å². The maximum absolute atomic E-state index is 12.7. The number of benzene rings is 2. The summed E-state index contributed by atoms with van der Waals surface area (Å²) in [7, 11) is -3.85. The van der Waals surface area contributed by atoms with Crippen LogP contribution in [0.4, 0.5) is 18.9 Å². The zero-order valence-electron chi connectivity index (χ0n) is 15.9. The van der Waals surface area contributed by atoms with E-state index in [-0.39, 0.29) is 5.69 Å². The maximum Gasteiger partial charge on any atom is 0.416 e. The molecular weight excluding hydrogens is 425 g/mol. The smallest absolute Gasteiger partial charge is 0.354 e. The fraction of sp³-hybridized carbons (Fsp3) is 0.316. The molecule has 0 bridgehead atoms. The molecule has 1 N–H and O–H groups in total. The van der Waals surface area contributed by atoms with Gasteiger partial charge >= 0.3 is 6.18 Å². The number of anilines is 1. The van der Waals surface area contributed by atoms with Crippen LogP contribution in [-0.2, 0) is 21.0 Å². The number of carbonyl (C=O) groups excluding carboxylic acids is 1. The minimum atomic E-state index is -4.53. The fourth-order valence-corrected chi connectivity index (χ4v) is 4.02. The summed E-state index contributed by atoms with van der Waals surface area (Å²) in [5.41, 5.74) is 0.240. The van der Waals surface area contributed by atoms with Crippen molar-refractivity contribution in [3.8, 4) is 0 Å². The van der Waals surface area contributed by atoms with Crippen molar-refractivity contribution in [1.82, 2.24) is 5.32 Å².